The van der Waals surface area contributed by atoms with Crippen LogP contribution in [0.15, 0.2) is 44.4 Å². The molecule has 9 heteroatoms. The van der Waals surface area contributed by atoms with Crippen molar-refractivity contribution in [2.45, 2.75) is 11.3 Å². The van der Waals surface area contributed by atoms with Crippen molar-refractivity contribution in [2.24, 2.45) is 0 Å². The van der Waals surface area contributed by atoms with Gasteiger partial charge in [-0.25, -0.2) is 13.4 Å². The molecular formula is C15H18BrN3O4S. The summed E-state index contributed by atoms with van der Waals surface area (Å²) in [5.41, 5.74) is 0. The fourth-order valence-electron chi connectivity index (χ4n) is 2.37. The molecule has 7 nitrogen and oxygen atoms in total. The van der Waals surface area contributed by atoms with Crippen molar-refractivity contribution in [1.82, 2.24) is 9.29 Å². The lowest BCUT2D eigenvalue weighted by Crippen LogP contribution is -2.40. The summed E-state index contributed by atoms with van der Waals surface area (Å²) in [6, 6.07) is 6.99. The first kappa shape index (κ1) is 17.4. The fourth-order valence-corrected chi connectivity index (χ4v) is 4.07. The van der Waals surface area contributed by atoms with E-state index in [4.69, 9.17) is 9.15 Å². The van der Waals surface area contributed by atoms with E-state index in [-0.39, 0.29) is 4.90 Å². The Hall–Kier alpha value is -1.42. The summed E-state index contributed by atoms with van der Waals surface area (Å²) in [5.74, 6) is 1.49. The molecule has 1 saturated heterocycles. The molecule has 0 aromatic carbocycles. The zero-order valence-corrected chi connectivity index (χ0v) is 15.3. The van der Waals surface area contributed by atoms with E-state index < -0.39 is 10.0 Å². The van der Waals surface area contributed by atoms with Crippen LogP contribution in [0.3, 0.4) is 0 Å². The number of pyridine rings is 1. The van der Waals surface area contributed by atoms with Crippen LogP contribution in [0.5, 0.6) is 0 Å². The molecule has 24 heavy (non-hydrogen) atoms. The number of sulfonamides is 1. The second kappa shape index (κ2) is 7.64. The molecule has 130 valence electrons. The van der Waals surface area contributed by atoms with E-state index in [1.165, 1.54) is 10.5 Å². The summed E-state index contributed by atoms with van der Waals surface area (Å²) in [4.78, 5) is 4.39. The Labute approximate surface area is 149 Å². The van der Waals surface area contributed by atoms with Gasteiger partial charge in [0.2, 0.25) is 10.0 Å². The Bertz CT molecular complexity index is 770. The van der Waals surface area contributed by atoms with Crippen LogP contribution in [0, 0.1) is 0 Å². The van der Waals surface area contributed by atoms with Gasteiger partial charge in [0.25, 0.3) is 0 Å². The molecule has 0 aliphatic carbocycles. The van der Waals surface area contributed by atoms with Crippen molar-refractivity contribution in [1.29, 1.82) is 0 Å². The van der Waals surface area contributed by atoms with Gasteiger partial charge < -0.3 is 14.5 Å². The first-order chi connectivity index (χ1) is 11.6. The van der Waals surface area contributed by atoms with Gasteiger partial charge in [0, 0.05) is 32.3 Å². The third-order valence-electron chi connectivity index (χ3n) is 3.65. The highest BCUT2D eigenvalue weighted by atomic mass is 79.9. The highest BCUT2D eigenvalue weighted by molar-refractivity contribution is 9.10. The van der Waals surface area contributed by atoms with E-state index in [2.05, 4.69) is 26.2 Å². The number of ether oxygens (including phenoxy) is 1. The summed E-state index contributed by atoms with van der Waals surface area (Å²) < 4.78 is 37.7. The maximum atomic E-state index is 12.5. The monoisotopic (exact) mass is 415 g/mol. The number of aromatic nitrogens is 1. The number of anilines is 1. The molecule has 1 fully saturated rings. The van der Waals surface area contributed by atoms with E-state index >= 15 is 0 Å². The van der Waals surface area contributed by atoms with Gasteiger partial charge in [-0.3, -0.25) is 0 Å². The molecule has 0 atom stereocenters. The number of rotatable bonds is 6. The van der Waals surface area contributed by atoms with Gasteiger partial charge in [-0.15, -0.1) is 0 Å². The van der Waals surface area contributed by atoms with Crippen molar-refractivity contribution >= 4 is 31.8 Å². The number of hydrogen-bond acceptors (Lipinski definition) is 6. The minimum atomic E-state index is -3.50. The van der Waals surface area contributed by atoms with E-state index in [1.54, 1.807) is 12.1 Å². The van der Waals surface area contributed by atoms with Crippen LogP contribution in [-0.2, 0) is 21.2 Å². The van der Waals surface area contributed by atoms with Crippen molar-refractivity contribution in [3.8, 4) is 0 Å². The van der Waals surface area contributed by atoms with Crippen molar-refractivity contribution in [2.75, 3.05) is 38.2 Å². The molecular weight excluding hydrogens is 398 g/mol. The van der Waals surface area contributed by atoms with Crippen molar-refractivity contribution < 1.29 is 17.6 Å². The Morgan fingerprint density at radius 2 is 2.00 bits per heavy atom. The summed E-state index contributed by atoms with van der Waals surface area (Å²) in [7, 11) is -3.50. The molecule has 0 saturated carbocycles. The number of furan rings is 1. The molecule has 3 rings (SSSR count). The minimum absolute atomic E-state index is 0.199. The molecule has 1 N–H and O–H groups in total. The Morgan fingerprint density at radius 1 is 1.21 bits per heavy atom. The zero-order valence-electron chi connectivity index (χ0n) is 12.9. The third kappa shape index (κ3) is 4.15. The van der Waals surface area contributed by atoms with Gasteiger partial charge in [-0.2, -0.15) is 4.31 Å². The lowest BCUT2D eigenvalue weighted by Gasteiger charge is -2.25. The van der Waals surface area contributed by atoms with Crippen LogP contribution in [0.4, 0.5) is 5.82 Å². The number of halogens is 1. The highest BCUT2D eigenvalue weighted by Crippen LogP contribution is 2.18. The lowest BCUT2D eigenvalue weighted by atomic mass is 10.3. The minimum Gasteiger partial charge on any atom is -0.454 e. The Balaban J connectivity index is 1.58. The maximum absolute atomic E-state index is 12.5. The molecule has 1 aliphatic rings. The summed E-state index contributed by atoms with van der Waals surface area (Å²) in [6.07, 6.45) is 2.09. The van der Waals surface area contributed by atoms with Gasteiger partial charge in [-0.05, 0) is 40.2 Å². The second-order valence-corrected chi connectivity index (χ2v) is 8.00. The number of nitrogens with one attached hydrogen (secondary N) is 1. The normalized spacial score (nSPS) is 16.2. The van der Waals surface area contributed by atoms with Crippen molar-refractivity contribution in [3.63, 3.8) is 0 Å². The van der Waals surface area contributed by atoms with E-state index in [0.29, 0.717) is 49.8 Å². The van der Waals surface area contributed by atoms with Gasteiger partial charge in [0.1, 0.15) is 16.5 Å². The van der Waals surface area contributed by atoms with E-state index in [9.17, 15) is 8.42 Å². The van der Waals surface area contributed by atoms with Gasteiger partial charge >= 0.3 is 0 Å². The number of morpholine rings is 1. The van der Waals surface area contributed by atoms with E-state index in [1.807, 2.05) is 12.1 Å². The van der Waals surface area contributed by atoms with E-state index in [0.717, 1.165) is 5.76 Å². The first-order valence-electron chi connectivity index (χ1n) is 7.58. The average Bonchev–Trinajstić information content (AvgIpc) is 3.01. The predicted molar refractivity (Wildman–Crippen MR) is 92.4 cm³/mol. The lowest BCUT2D eigenvalue weighted by molar-refractivity contribution is 0.0730. The van der Waals surface area contributed by atoms with Crippen LogP contribution in [0.25, 0.3) is 0 Å². The van der Waals surface area contributed by atoms with Crippen LogP contribution in [0.2, 0.25) is 0 Å². The molecule has 1 aliphatic heterocycles. The first-order valence-corrected chi connectivity index (χ1v) is 9.81. The molecule has 3 heterocycles. The smallest absolute Gasteiger partial charge is 0.244 e. The highest BCUT2D eigenvalue weighted by Gasteiger charge is 2.26. The molecule has 2 aromatic rings. The fraction of sp³-hybridized carbons (Fsp3) is 0.400. The molecule has 2 aromatic heterocycles. The van der Waals surface area contributed by atoms with Crippen LogP contribution < -0.4 is 5.32 Å². The Kier molecular flexibility index (Phi) is 5.54. The second-order valence-electron chi connectivity index (χ2n) is 5.28. The number of hydrogen-bond donors (Lipinski definition) is 1. The van der Waals surface area contributed by atoms with Crippen LogP contribution >= 0.6 is 15.9 Å². The third-order valence-corrected chi connectivity index (χ3v) is 5.96. The maximum Gasteiger partial charge on any atom is 0.244 e. The zero-order chi connectivity index (χ0) is 17.0. The Morgan fingerprint density at radius 3 is 2.62 bits per heavy atom. The molecule has 0 amide bonds. The summed E-state index contributed by atoms with van der Waals surface area (Å²) in [5, 5.41) is 3.15. The van der Waals surface area contributed by atoms with Crippen molar-refractivity contribution in [3.05, 3.63) is 40.9 Å². The van der Waals surface area contributed by atoms with Crippen LogP contribution in [-0.4, -0.2) is 50.6 Å². The molecule has 0 spiro atoms. The van der Waals surface area contributed by atoms with Gasteiger partial charge in [-0.1, -0.05) is 0 Å². The molecule has 0 bridgehead atoms. The topological polar surface area (TPSA) is 84.7 Å². The van der Waals surface area contributed by atoms with Gasteiger partial charge in [0.05, 0.1) is 13.2 Å². The standard InChI is InChI=1S/C15H18BrN3O4S/c16-14-3-1-12(23-14)5-6-17-15-4-2-13(11-18-15)24(20,21)19-7-9-22-10-8-19/h1-4,11H,5-10H2,(H,17,18). The number of nitrogens with zero attached hydrogens (tertiary/aromatic N) is 2. The average molecular weight is 416 g/mol. The SMILES string of the molecule is O=S(=O)(c1ccc(NCCc2ccc(Br)o2)nc1)N1CCOCC1. The largest absolute Gasteiger partial charge is 0.454 e. The molecule has 0 unspecified atom stereocenters. The van der Waals surface area contributed by atoms with Crippen LogP contribution in [0.1, 0.15) is 5.76 Å². The summed E-state index contributed by atoms with van der Waals surface area (Å²) >= 11 is 3.26. The van der Waals surface area contributed by atoms with Gasteiger partial charge in [0.15, 0.2) is 4.67 Å². The summed E-state index contributed by atoms with van der Waals surface area (Å²) in [6.45, 7) is 2.25. The molecule has 0 radical (unpaired) electrons. The predicted octanol–water partition coefficient (Wildman–Crippen LogP) is 2.11. The quantitative estimate of drug-likeness (QED) is 0.777.